The zero-order valence-corrected chi connectivity index (χ0v) is 10.0. The third-order valence-corrected chi connectivity index (χ3v) is 2.55. The van der Waals surface area contributed by atoms with Crippen LogP contribution >= 0.6 is 0 Å². The molecule has 0 aliphatic carbocycles. The molecule has 1 aromatic heterocycles. The van der Waals surface area contributed by atoms with Gasteiger partial charge in [0.25, 0.3) is 0 Å². The molecule has 0 spiro atoms. The van der Waals surface area contributed by atoms with Crippen LogP contribution in [0.5, 0.6) is 0 Å². The van der Waals surface area contributed by atoms with Gasteiger partial charge in [0.05, 0.1) is 0 Å². The van der Waals surface area contributed by atoms with E-state index in [1.165, 1.54) is 0 Å². The van der Waals surface area contributed by atoms with Crippen LogP contribution < -0.4 is 0 Å². The topological polar surface area (TPSA) is 4.93 Å². The van der Waals surface area contributed by atoms with Crippen LogP contribution in [0.25, 0.3) is 24.3 Å². The summed E-state index contributed by atoms with van der Waals surface area (Å²) in [6.07, 6.45) is 9.64. The second-order valence-electron chi connectivity index (χ2n) is 3.34. The lowest BCUT2D eigenvalue weighted by Gasteiger charge is -2.05. The summed E-state index contributed by atoms with van der Waals surface area (Å²) in [5, 5.41) is 0. The summed E-state index contributed by atoms with van der Waals surface area (Å²) >= 11 is 0. The van der Waals surface area contributed by atoms with Crippen LogP contribution in [0.3, 0.4) is 0 Å². The maximum Gasteiger partial charge on any atom is 0.249 e. The van der Waals surface area contributed by atoms with Crippen molar-refractivity contribution >= 4 is 31.7 Å². The molecular formula is C14H17BN. The molecule has 1 nitrogen and oxygen atoms in total. The predicted molar refractivity (Wildman–Crippen MR) is 76.4 cm³/mol. The Bertz CT molecular complexity index is 450. The Morgan fingerprint density at radius 1 is 1.00 bits per heavy atom. The fourth-order valence-corrected chi connectivity index (χ4v) is 1.91. The lowest BCUT2D eigenvalue weighted by molar-refractivity contribution is 1.18. The Kier molecular flexibility index (Phi) is 4.18. The average Bonchev–Trinajstić information content (AvgIpc) is 2.61. The van der Waals surface area contributed by atoms with Gasteiger partial charge in [-0.05, 0) is 19.1 Å². The Morgan fingerprint density at radius 2 is 1.56 bits per heavy atom. The van der Waals surface area contributed by atoms with E-state index < -0.39 is 0 Å². The van der Waals surface area contributed by atoms with Gasteiger partial charge in [0.1, 0.15) is 0 Å². The second-order valence-corrected chi connectivity index (χ2v) is 3.34. The molecule has 1 radical (unpaired) electrons. The van der Waals surface area contributed by atoms with Crippen LogP contribution in [-0.4, -0.2) is 11.9 Å². The molecular weight excluding hydrogens is 193 g/mol. The summed E-state index contributed by atoms with van der Waals surface area (Å²) in [5.41, 5.74) is 4.35. The predicted octanol–water partition coefficient (Wildman–Crippen LogP) is 3.97. The van der Waals surface area contributed by atoms with Crippen LogP contribution in [-0.2, 0) is 0 Å². The molecule has 0 aliphatic rings. The first-order valence-corrected chi connectivity index (χ1v) is 5.32. The molecule has 0 amide bonds. The molecule has 1 heterocycles. The van der Waals surface area contributed by atoms with E-state index in [1.54, 1.807) is 0 Å². The SMILES string of the molecule is C=Cc1c(C=C)c(/C=C\C)n([B]C)c1C=C. The highest BCUT2D eigenvalue weighted by molar-refractivity contribution is 6.33. The molecule has 0 unspecified atom stereocenters. The van der Waals surface area contributed by atoms with Crippen molar-refractivity contribution < 1.29 is 0 Å². The van der Waals surface area contributed by atoms with Gasteiger partial charge in [-0.2, -0.15) is 0 Å². The first-order valence-electron chi connectivity index (χ1n) is 5.32. The summed E-state index contributed by atoms with van der Waals surface area (Å²) in [5.74, 6) is 0. The van der Waals surface area contributed by atoms with Gasteiger partial charge in [-0.1, -0.05) is 44.8 Å². The molecule has 81 valence electrons. The van der Waals surface area contributed by atoms with Crippen molar-refractivity contribution in [2.24, 2.45) is 0 Å². The highest BCUT2D eigenvalue weighted by Crippen LogP contribution is 2.26. The van der Waals surface area contributed by atoms with Crippen molar-refractivity contribution in [2.45, 2.75) is 13.7 Å². The zero-order chi connectivity index (χ0) is 12.1. The summed E-state index contributed by atoms with van der Waals surface area (Å²) < 4.78 is 2.10. The number of hydrogen-bond acceptors (Lipinski definition) is 0. The second kappa shape index (κ2) is 5.41. The molecule has 0 fully saturated rings. The van der Waals surface area contributed by atoms with E-state index in [2.05, 4.69) is 30.3 Å². The number of nitrogens with zero attached hydrogens (tertiary/aromatic N) is 1. The fraction of sp³-hybridized carbons (Fsp3) is 0.143. The largest absolute Gasteiger partial charge is 0.390 e. The zero-order valence-electron chi connectivity index (χ0n) is 10.0. The van der Waals surface area contributed by atoms with Crippen LogP contribution in [0, 0.1) is 0 Å². The van der Waals surface area contributed by atoms with Crippen molar-refractivity contribution in [3.05, 3.63) is 48.3 Å². The lowest BCUT2D eigenvalue weighted by atomic mass is 9.98. The molecule has 1 rings (SSSR count). The minimum absolute atomic E-state index is 1.06. The first kappa shape index (κ1) is 12.4. The molecule has 0 bridgehead atoms. The van der Waals surface area contributed by atoms with Crippen LogP contribution in [0.1, 0.15) is 29.4 Å². The molecule has 16 heavy (non-hydrogen) atoms. The molecule has 2 heteroatoms. The summed E-state index contributed by atoms with van der Waals surface area (Å²) in [6, 6.07) is 0. The maximum absolute atomic E-state index is 3.86. The van der Waals surface area contributed by atoms with Gasteiger partial charge in [-0.3, -0.25) is 0 Å². The fourth-order valence-electron chi connectivity index (χ4n) is 1.91. The first-order chi connectivity index (χ1) is 7.74. The van der Waals surface area contributed by atoms with E-state index in [0.717, 1.165) is 22.5 Å². The van der Waals surface area contributed by atoms with Crippen LogP contribution in [0.4, 0.5) is 0 Å². The normalized spacial score (nSPS) is 10.4. The van der Waals surface area contributed by atoms with Crippen molar-refractivity contribution in [3.63, 3.8) is 0 Å². The van der Waals surface area contributed by atoms with Gasteiger partial charge in [0.15, 0.2) is 0 Å². The Hall–Kier alpha value is -1.70. The molecule has 0 atom stereocenters. The summed E-state index contributed by atoms with van der Waals surface area (Å²) in [7, 11) is 2.02. The van der Waals surface area contributed by atoms with Gasteiger partial charge in [-0.25, -0.2) is 0 Å². The number of aromatic nitrogens is 1. The molecule has 0 N–H and O–H groups in total. The van der Waals surface area contributed by atoms with Crippen LogP contribution in [0.2, 0.25) is 6.82 Å². The van der Waals surface area contributed by atoms with E-state index in [-0.39, 0.29) is 0 Å². The quantitative estimate of drug-likeness (QED) is 0.648. The van der Waals surface area contributed by atoms with Crippen LogP contribution in [0.15, 0.2) is 25.8 Å². The molecule has 0 aliphatic heterocycles. The highest BCUT2D eigenvalue weighted by Gasteiger charge is 2.14. The van der Waals surface area contributed by atoms with Crippen molar-refractivity contribution in [2.75, 3.05) is 0 Å². The van der Waals surface area contributed by atoms with Crippen molar-refractivity contribution in [1.29, 1.82) is 0 Å². The van der Waals surface area contributed by atoms with Gasteiger partial charge in [0, 0.05) is 22.5 Å². The minimum Gasteiger partial charge on any atom is -0.390 e. The Morgan fingerprint density at radius 3 is 1.94 bits per heavy atom. The van der Waals surface area contributed by atoms with E-state index >= 15 is 0 Å². The van der Waals surface area contributed by atoms with Crippen molar-refractivity contribution in [3.8, 4) is 0 Å². The van der Waals surface area contributed by atoms with Gasteiger partial charge < -0.3 is 4.48 Å². The number of rotatable bonds is 5. The van der Waals surface area contributed by atoms with Crippen molar-refractivity contribution in [1.82, 2.24) is 4.48 Å². The Labute approximate surface area is 98.8 Å². The van der Waals surface area contributed by atoms with E-state index in [4.69, 9.17) is 0 Å². The van der Waals surface area contributed by atoms with E-state index in [9.17, 15) is 0 Å². The third kappa shape index (κ3) is 1.83. The molecule has 1 aromatic rings. The molecule has 0 saturated carbocycles. The lowest BCUT2D eigenvalue weighted by Crippen LogP contribution is -2.06. The monoisotopic (exact) mass is 210 g/mol. The standard InChI is InChI=1S/C14H17BN/c1-6-10-14-12(8-3)11(7-2)13(9-4)16(14)15-5/h6-10H,2-4H2,1,5H3/b10-6-. The number of allylic oxidation sites excluding steroid dienone is 1. The molecule has 0 saturated heterocycles. The van der Waals surface area contributed by atoms with Gasteiger partial charge >= 0.3 is 0 Å². The van der Waals surface area contributed by atoms with E-state index in [1.807, 2.05) is 45.5 Å². The highest BCUT2D eigenvalue weighted by atomic mass is 14.9. The smallest absolute Gasteiger partial charge is 0.249 e. The summed E-state index contributed by atoms with van der Waals surface area (Å²) in [6.45, 7) is 15.6. The Balaban J connectivity index is 3.68. The van der Waals surface area contributed by atoms with E-state index in [0.29, 0.717) is 0 Å². The third-order valence-electron chi connectivity index (χ3n) is 2.55. The maximum atomic E-state index is 3.86. The average molecular weight is 210 g/mol. The molecule has 0 aromatic carbocycles. The van der Waals surface area contributed by atoms with Gasteiger partial charge in [0.2, 0.25) is 7.41 Å². The minimum atomic E-state index is 1.06. The number of hydrogen-bond donors (Lipinski definition) is 0. The summed E-state index contributed by atoms with van der Waals surface area (Å²) in [4.78, 5) is 0. The van der Waals surface area contributed by atoms with Gasteiger partial charge in [-0.15, -0.1) is 0 Å².